The molecule has 1 aliphatic rings. The molecular formula is C18H18N2O3. The Bertz CT molecular complexity index is 713. The summed E-state index contributed by atoms with van der Waals surface area (Å²) in [5, 5.41) is 0. The average Bonchev–Trinajstić information content (AvgIpc) is 2.60. The number of amides is 1. The van der Waals surface area contributed by atoms with E-state index in [1.165, 1.54) is 0 Å². The second-order valence-electron chi connectivity index (χ2n) is 5.29. The van der Waals surface area contributed by atoms with Crippen LogP contribution in [-0.4, -0.2) is 36.1 Å². The molecule has 0 atom stereocenters. The molecule has 2 heterocycles. The van der Waals surface area contributed by atoms with Gasteiger partial charge in [0.05, 0.1) is 0 Å². The zero-order chi connectivity index (χ0) is 16.1. The van der Waals surface area contributed by atoms with Gasteiger partial charge in [-0.15, -0.1) is 0 Å². The van der Waals surface area contributed by atoms with Gasteiger partial charge in [-0.25, -0.2) is 0 Å². The third kappa shape index (κ3) is 3.88. The molecule has 0 N–H and O–H groups in total. The molecule has 5 nitrogen and oxygen atoms in total. The van der Waals surface area contributed by atoms with Gasteiger partial charge in [-0.05, 0) is 35.4 Å². The quantitative estimate of drug-likeness (QED) is 0.814. The molecule has 0 unspecified atom stereocenters. The van der Waals surface area contributed by atoms with Crippen LogP contribution in [0.1, 0.15) is 11.1 Å². The van der Waals surface area contributed by atoms with Crippen molar-refractivity contribution in [2.75, 3.05) is 20.3 Å². The van der Waals surface area contributed by atoms with Crippen molar-refractivity contribution < 1.29 is 14.3 Å². The summed E-state index contributed by atoms with van der Waals surface area (Å²) in [6.07, 6.45) is 6.81. The Hall–Kier alpha value is -2.82. The van der Waals surface area contributed by atoms with E-state index in [9.17, 15) is 4.79 Å². The van der Waals surface area contributed by atoms with E-state index in [0.29, 0.717) is 19.8 Å². The Kier molecular flexibility index (Phi) is 4.57. The van der Waals surface area contributed by atoms with E-state index in [4.69, 9.17) is 9.47 Å². The number of hydrogen-bond acceptors (Lipinski definition) is 4. The summed E-state index contributed by atoms with van der Waals surface area (Å²) in [4.78, 5) is 17.9. The van der Waals surface area contributed by atoms with E-state index < -0.39 is 0 Å². The van der Waals surface area contributed by atoms with Crippen LogP contribution >= 0.6 is 0 Å². The van der Waals surface area contributed by atoms with Crippen molar-refractivity contribution in [3.8, 4) is 11.5 Å². The normalized spacial score (nSPS) is 13.1. The zero-order valence-electron chi connectivity index (χ0n) is 12.9. The molecule has 1 aromatic heterocycles. The van der Waals surface area contributed by atoms with Crippen LogP contribution in [0.15, 0.2) is 48.8 Å². The number of benzene rings is 1. The van der Waals surface area contributed by atoms with E-state index in [-0.39, 0.29) is 5.91 Å². The lowest BCUT2D eigenvalue weighted by Gasteiger charge is -2.18. The van der Waals surface area contributed by atoms with Crippen molar-refractivity contribution in [2.45, 2.75) is 6.54 Å². The Morgan fingerprint density at radius 2 is 2.09 bits per heavy atom. The number of fused-ring (bicyclic) bond motifs is 1. The van der Waals surface area contributed by atoms with Crippen LogP contribution in [0.4, 0.5) is 0 Å². The van der Waals surface area contributed by atoms with Crippen LogP contribution in [0, 0.1) is 0 Å². The molecule has 2 aromatic rings. The number of carbonyl (C=O) groups is 1. The molecule has 0 saturated heterocycles. The van der Waals surface area contributed by atoms with Gasteiger partial charge in [-0.3, -0.25) is 9.78 Å². The number of nitrogens with zero attached hydrogens (tertiary/aromatic N) is 2. The zero-order valence-corrected chi connectivity index (χ0v) is 12.9. The summed E-state index contributed by atoms with van der Waals surface area (Å²) in [6.45, 7) is 1.64. The highest BCUT2D eigenvalue weighted by Crippen LogP contribution is 2.31. The van der Waals surface area contributed by atoms with Crippen molar-refractivity contribution in [3.05, 3.63) is 59.9 Å². The highest BCUT2D eigenvalue weighted by atomic mass is 16.6. The maximum atomic E-state index is 12.2. The van der Waals surface area contributed by atoms with Crippen LogP contribution in [-0.2, 0) is 11.3 Å². The van der Waals surface area contributed by atoms with E-state index in [1.807, 2.05) is 30.3 Å². The van der Waals surface area contributed by atoms with E-state index in [2.05, 4.69) is 4.98 Å². The monoisotopic (exact) mass is 310 g/mol. The lowest BCUT2D eigenvalue weighted by molar-refractivity contribution is -0.125. The van der Waals surface area contributed by atoms with Crippen LogP contribution in [0.25, 0.3) is 6.08 Å². The Morgan fingerprint density at radius 3 is 2.87 bits per heavy atom. The molecule has 3 rings (SSSR count). The molecular weight excluding hydrogens is 292 g/mol. The first-order chi connectivity index (χ1) is 11.2. The summed E-state index contributed by atoms with van der Waals surface area (Å²) in [7, 11) is 1.77. The highest BCUT2D eigenvalue weighted by Gasteiger charge is 2.11. The number of rotatable bonds is 4. The Morgan fingerprint density at radius 1 is 1.26 bits per heavy atom. The Labute approximate surface area is 135 Å². The molecule has 0 bridgehead atoms. The maximum absolute atomic E-state index is 12.2. The molecule has 118 valence electrons. The highest BCUT2D eigenvalue weighted by molar-refractivity contribution is 5.91. The average molecular weight is 310 g/mol. The smallest absolute Gasteiger partial charge is 0.246 e. The lowest BCUT2D eigenvalue weighted by atomic mass is 10.1. The number of carbonyl (C=O) groups excluding carboxylic acids is 1. The van der Waals surface area contributed by atoms with Crippen molar-refractivity contribution in [1.82, 2.24) is 9.88 Å². The fourth-order valence-corrected chi connectivity index (χ4v) is 2.30. The minimum absolute atomic E-state index is 0.0660. The van der Waals surface area contributed by atoms with Gasteiger partial charge in [-0.1, -0.05) is 12.1 Å². The predicted octanol–water partition coefficient (Wildman–Crippen LogP) is 2.52. The van der Waals surface area contributed by atoms with Gasteiger partial charge in [-0.2, -0.15) is 0 Å². The van der Waals surface area contributed by atoms with Crippen molar-refractivity contribution >= 4 is 12.0 Å². The number of likely N-dealkylation sites (N-methyl/N-ethyl adjacent to an activating group) is 1. The molecule has 0 aliphatic carbocycles. The summed E-state index contributed by atoms with van der Waals surface area (Å²) < 4.78 is 11.0. The minimum Gasteiger partial charge on any atom is -0.486 e. The fourth-order valence-electron chi connectivity index (χ4n) is 2.30. The molecule has 0 saturated carbocycles. The SMILES string of the molecule is CN(Cc1cccnc1)C(=O)/C=C/c1ccc2c(c1)OCCO2. The van der Waals surface area contributed by atoms with Gasteiger partial charge in [0.15, 0.2) is 11.5 Å². The molecule has 0 radical (unpaired) electrons. The first-order valence-corrected chi connectivity index (χ1v) is 7.44. The Balaban J connectivity index is 1.63. The number of pyridine rings is 1. The second kappa shape index (κ2) is 6.96. The van der Waals surface area contributed by atoms with E-state index in [1.54, 1.807) is 36.5 Å². The summed E-state index contributed by atoms with van der Waals surface area (Å²) in [5.74, 6) is 1.40. The standard InChI is InChI=1S/C18H18N2O3/c1-20(13-15-3-2-8-19-12-15)18(21)7-5-14-4-6-16-17(11-14)23-10-9-22-16/h2-8,11-12H,9-10,13H2,1H3/b7-5+. The van der Waals surface area contributed by atoms with Gasteiger partial charge in [0.2, 0.25) is 5.91 Å². The minimum atomic E-state index is -0.0660. The maximum Gasteiger partial charge on any atom is 0.246 e. The molecule has 1 amide bonds. The lowest BCUT2D eigenvalue weighted by Crippen LogP contribution is -2.24. The van der Waals surface area contributed by atoms with Crippen molar-refractivity contribution in [3.63, 3.8) is 0 Å². The molecule has 23 heavy (non-hydrogen) atoms. The van der Waals surface area contributed by atoms with Gasteiger partial charge in [0.25, 0.3) is 0 Å². The largest absolute Gasteiger partial charge is 0.486 e. The van der Waals surface area contributed by atoms with Gasteiger partial charge >= 0.3 is 0 Å². The summed E-state index contributed by atoms with van der Waals surface area (Å²) >= 11 is 0. The number of aromatic nitrogens is 1. The number of hydrogen-bond donors (Lipinski definition) is 0. The molecule has 1 aromatic carbocycles. The second-order valence-corrected chi connectivity index (χ2v) is 5.29. The van der Waals surface area contributed by atoms with Gasteiger partial charge in [0.1, 0.15) is 13.2 Å². The predicted molar refractivity (Wildman–Crippen MR) is 87.2 cm³/mol. The van der Waals surface area contributed by atoms with Crippen molar-refractivity contribution in [1.29, 1.82) is 0 Å². The van der Waals surface area contributed by atoms with Crippen molar-refractivity contribution in [2.24, 2.45) is 0 Å². The molecule has 1 aliphatic heterocycles. The third-order valence-corrected chi connectivity index (χ3v) is 3.50. The number of ether oxygens (including phenoxy) is 2. The summed E-state index contributed by atoms with van der Waals surface area (Å²) in [6, 6.07) is 9.44. The van der Waals surface area contributed by atoms with E-state index in [0.717, 1.165) is 22.6 Å². The molecule has 0 spiro atoms. The topological polar surface area (TPSA) is 51.7 Å². The first kappa shape index (κ1) is 15.1. The van der Waals surface area contributed by atoms with Crippen LogP contribution in [0.2, 0.25) is 0 Å². The summed E-state index contributed by atoms with van der Waals surface area (Å²) in [5.41, 5.74) is 1.90. The molecule has 5 heteroatoms. The van der Waals surface area contributed by atoms with E-state index >= 15 is 0 Å². The third-order valence-electron chi connectivity index (χ3n) is 3.50. The van der Waals surface area contributed by atoms with Gasteiger partial charge < -0.3 is 14.4 Å². The van der Waals surface area contributed by atoms with Crippen LogP contribution in [0.3, 0.4) is 0 Å². The van der Waals surface area contributed by atoms with Crippen LogP contribution < -0.4 is 9.47 Å². The van der Waals surface area contributed by atoms with Crippen LogP contribution in [0.5, 0.6) is 11.5 Å². The molecule has 0 fully saturated rings. The fraction of sp³-hybridized carbons (Fsp3) is 0.222. The van der Waals surface area contributed by atoms with Gasteiger partial charge in [0, 0.05) is 32.1 Å². The first-order valence-electron chi connectivity index (χ1n) is 7.44.